The second-order valence-corrected chi connectivity index (χ2v) is 11.0. The molecule has 4 nitrogen and oxygen atoms in total. The second-order valence-electron chi connectivity index (χ2n) is 10.1. The molecule has 6 heteroatoms. The average molecular weight is 423 g/mol. The van der Waals surface area contributed by atoms with Crippen LogP contribution in [-0.2, 0) is 4.79 Å². The first-order valence-corrected chi connectivity index (χ1v) is 10.9. The minimum absolute atomic E-state index is 0.0700. The van der Waals surface area contributed by atoms with E-state index in [9.17, 15) is 9.59 Å². The lowest BCUT2D eigenvalue weighted by Crippen LogP contribution is -2.63. The molecule has 0 heterocycles. The van der Waals surface area contributed by atoms with Crippen LogP contribution >= 0.6 is 23.2 Å². The van der Waals surface area contributed by atoms with Crippen LogP contribution in [0.15, 0.2) is 18.2 Å². The summed E-state index contributed by atoms with van der Waals surface area (Å²) in [5.41, 5.74) is 2.38. The molecule has 4 aliphatic carbocycles. The van der Waals surface area contributed by atoms with Crippen LogP contribution in [0, 0.1) is 23.2 Å². The molecule has 5 rings (SSSR count). The Bertz CT molecular complexity index is 760. The van der Waals surface area contributed by atoms with Crippen molar-refractivity contribution in [2.75, 3.05) is 0 Å². The van der Waals surface area contributed by atoms with Gasteiger partial charge in [-0.1, -0.05) is 23.2 Å². The molecule has 0 saturated heterocycles. The topological polar surface area (TPSA) is 49.4 Å². The quantitative estimate of drug-likeness (QED) is 0.641. The number of carbonyl (C=O) groups excluding carboxylic acids is 2. The van der Waals surface area contributed by atoms with Gasteiger partial charge in [0.15, 0.2) is 0 Å². The van der Waals surface area contributed by atoms with Crippen molar-refractivity contribution in [2.24, 2.45) is 23.2 Å². The van der Waals surface area contributed by atoms with Crippen LogP contribution in [0.5, 0.6) is 0 Å². The van der Waals surface area contributed by atoms with Crippen molar-refractivity contribution >= 4 is 35.0 Å². The summed E-state index contributed by atoms with van der Waals surface area (Å²) < 4.78 is 0. The van der Waals surface area contributed by atoms with Crippen LogP contribution in [0.4, 0.5) is 0 Å². The van der Waals surface area contributed by atoms with Crippen LogP contribution in [0.3, 0.4) is 0 Å². The van der Waals surface area contributed by atoms with Gasteiger partial charge >= 0.3 is 0 Å². The predicted molar refractivity (Wildman–Crippen MR) is 111 cm³/mol. The number of benzene rings is 1. The van der Waals surface area contributed by atoms with E-state index in [4.69, 9.17) is 23.2 Å². The first-order valence-electron chi connectivity index (χ1n) is 10.2. The lowest BCUT2D eigenvalue weighted by molar-refractivity contribution is -0.166. The van der Waals surface area contributed by atoms with E-state index in [1.165, 1.54) is 19.3 Å². The molecule has 4 bridgehead atoms. The second kappa shape index (κ2) is 6.91. The molecule has 0 spiro atoms. The summed E-state index contributed by atoms with van der Waals surface area (Å²) >= 11 is 12.1. The highest BCUT2D eigenvalue weighted by atomic mass is 35.5. The van der Waals surface area contributed by atoms with Crippen molar-refractivity contribution in [3.05, 3.63) is 33.8 Å². The van der Waals surface area contributed by atoms with E-state index in [1.807, 2.05) is 20.8 Å². The van der Waals surface area contributed by atoms with E-state index in [0.717, 1.165) is 19.3 Å². The number of halogens is 2. The molecule has 0 atom stereocenters. The first-order chi connectivity index (χ1) is 13.1. The van der Waals surface area contributed by atoms with Crippen LogP contribution in [0.25, 0.3) is 0 Å². The van der Waals surface area contributed by atoms with Crippen LogP contribution in [0.2, 0.25) is 10.0 Å². The Kier molecular flexibility index (Phi) is 4.95. The van der Waals surface area contributed by atoms with Gasteiger partial charge in [0.1, 0.15) is 0 Å². The molecule has 1 aromatic carbocycles. The summed E-state index contributed by atoms with van der Waals surface area (Å²) in [5, 5.41) is 2.36. The van der Waals surface area contributed by atoms with Gasteiger partial charge in [0.05, 0.1) is 11.0 Å². The predicted octanol–water partition coefficient (Wildman–Crippen LogP) is 5.48. The van der Waals surface area contributed by atoms with E-state index >= 15 is 0 Å². The van der Waals surface area contributed by atoms with Gasteiger partial charge in [0.2, 0.25) is 5.91 Å². The van der Waals surface area contributed by atoms with Crippen molar-refractivity contribution in [1.82, 2.24) is 10.4 Å². The summed E-state index contributed by atoms with van der Waals surface area (Å²) in [6.45, 7) is 5.86. The van der Waals surface area contributed by atoms with Gasteiger partial charge in [-0.3, -0.25) is 15.0 Å². The number of hydrogen-bond donors (Lipinski definition) is 1. The standard InChI is InChI=1S/C22H28Cl2N2O2/c1-21(2,3)26(25-19(27)16-7-17(23)9-18(24)8-16)20(28)22-10-13-4-14(11-22)6-15(5-13)12-22/h7-9,13-15H,4-6,10-12H2,1-3H3,(H,25,27). The summed E-state index contributed by atoms with van der Waals surface area (Å²) in [7, 11) is 0. The van der Waals surface area contributed by atoms with Gasteiger partial charge < -0.3 is 0 Å². The number of amides is 2. The Morgan fingerprint density at radius 2 is 1.43 bits per heavy atom. The average Bonchev–Trinajstić information content (AvgIpc) is 2.55. The van der Waals surface area contributed by atoms with Gasteiger partial charge in [0.25, 0.3) is 5.91 Å². The molecule has 4 fully saturated rings. The fourth-order valence-corrected chi connectivity index (χ4v) is 6.51. The van der Waals surface area contributed by atoms with Gasteiger partial charge in [-0.25, -0.2) is 5.01 Å². The fourth-order valence-electron chi connectivity index (χ4n) is 5.98. The number of nitrogens with one attached hydrogen (secondary N) is 1. The Labute approximate surface area is 176 Å². The van der Waals surface area contributed by atoms with Crippen molar-refractivity contribution in [3.8, 4) is 0 Å². The number of hydrazine groups is 1. The molecule has 4 aliphatic rings. The SMILES string of the molecule is CC(C)(C)N(NC(=O)c1cc(Cl)cc(Cl)c1)C(=O)C12CC3CC(CC(C3)C1)C2. The zero-order chi connectivity index (χ0) is 20.3. The smallest absolute Gasteiger partial charge is 0.269 e. The highest BCUT2D eigenvalue weighted by Crippen LogP contribution is 2.60. The van der Waals surface area contributed by atoms with E-state index in [0.29, 0.717) is 33.4 Å². The summed E-state index contributed by atoms with van der Waals surface area (Å²) in [6.07, 6.45) is 6.70. The van der Waals surface area contributed by atoms with E-state index < -0.39 is 5.54 Å². The van der Waals surface area contributed by atoms with Crippen molar-refractivity contribution < 1.29 is 9.59 Å². The Morgan fingerprint density at radius 1 is 0.964 bits per heavy atom. The summed E-state index contributed by atoms with van der Waals surface area (Å²) in [6, 6.07) is 4.72. The first kappa shape index (κ1) is 20.0. The minimum Gasteiger partial charge on any atom is -0.272 e. The molecule has 0 aromatic heterocycles. The molecule has 1 N–H and O–H groups in total. The largest absolute Gasteiger partial charge is 0.272 e. The maximum absolute atomic E-state index is 13.8. The maximum atomic E-state index is 13.8. The molecule has 0 aliphatic heterocycles. The van der Waals surface area contributed by atoms with Gasteiger partial charge in [-0.15, -0.1) is 0 Å². The Balaban J connectivity index is 1.60. The third kappa shape index (κ3) is 3.66. The lowest BCUT2D eigenvalue weighted by Gasteiger charge is -2.57. The van der Waals surface area contributed by atoms with Crippen molar-refractivity contribution in [2.45, 2.75) is 64.8 Å². The molecule has 0 radical (unpaired) electrons. The molecule has 4 saturated carbocycles. The molecule has 152 valence electrons. The van der Waals surface area contributed by atoms with Gasteiger partial charge in [0, 0.05) is 15.6 Å². The summed E-state index contributed by atoms with van der Waals surface area (Å²) in [5.74, 6) is 1.70. The molecule has 28 heavy (non-hydrogen) atoms. The zero-order valence-corrected chi connectivity index (χ0v) is 18.2. The van der Waals surface area contributed by atoms with E-state index in [2.05, 4.69) is 5.43 Å². The van der Waals surface area contributed by atoms with E-state index in [-0.39, 0.29) is 17.2 Å². The summed E-state index contributed by atoms with van der Waals surface area (Å²) in [4.78, 5) is 26.7. The van der Waals surface area contributed by atoms with Crippen molar-refractivity contribution in [1.29, 1.82) is 0 Å². The van der Waals surface area contributed by atoms with E-state index in [1.54, 1.807) is 23.2 Å². The van der Waals surface area contributed by atoms with Gasteiger partial charge in [-0.05, 0) is 95.2 Å². The Morgan fingerprint density at radius 3 is 1.86 bits per heavy atom. The highest BCUT2D eigenvalue weighted by Gasteiger charge is 2.56. The number of nitrogens with zero attached hydrogens (tertiary/aromatic N) is 1. The molecular weight excluding hydrogens is 395 g/mol. The van der Waals surface area contributed by atoms with Crippen molar-refractivity contribution in [3.63, 3.8) is 0 Å². The monoisotopic (exact) mass is 422 g/mol. The normalized spacial score (nSPS) is 31.0. The maximum Gasteiger partial charge on any atom is 0.269 e. The van der Waals surface area contributed by atoms with Crippen LogP contribution < -0.4 is 5.43 Å². The zero-order valence-electron chi connectivity index (χ0n) is 16.7. The molecule has 0 unspecified atom stereocenters. The number of carbonyl (C=O) groups is 2. The van der Waals surface area contributed by atoms with Gasteiger partial charge in [-0.2, -0.15) is 0 Å². The molecule has 2 amide bonds. The molecular formula is C22H28Cl2N2O2. The molecule has 1 aromatic rings. The van der Waals surface area contributed by atoms with Crippen LogP contribution in [0.1, 0.15) is 69.7 Å². The third-order valence-corrected chi connectivity index (χ3v) is 7.14. The third-order valence-electron chi connectivity index (χ3n) is 6.70. The lowest BCUT2D eigenvalue weighted by atomic mass is 9.49. The number of hydrogen-bond acceptors (Lipinski definition) is 2. The fraction of sp³-hybridized carbons (Fsp3) is 0.636. The highest BCUT2D eigenvalue weighted by molar-refractivity contribution is 6.35. The number of rotatable bonds is 2. The van der Waals surface area contributed by atoms with Crippen LogP contribution in [-0.4, -0.2) is 22.4 Å². The Hall–Kier alpha value is -1.26. The minimum atomic E-state index is -0.529.